The Morgan fingerprint density at radius 2 is 1.75 bits per heavy atom. The fourth-order valence-corrected chi connectivity index (χ4v) is 4.56. The van der Waals surface area contributed by atoms with Gasteiger partial charge in [0.05, 0.1) is 5.71 Å². The summed E-state index contributed by atoms with van der Waals surface area (Å²) in [6.45, 7) is -1.07. The molecule has 0 aromatic heterocycles. The van der Waals surface area contributed by atoms with Crippen LogP contribution in [0.2, 0.25) is 0 Å². The molecular formula is C25H26F2N4O5. The molecule has 2 heterocycles. The SMILES string of the molecule is NC(=O)OC(COc1ccccc1)C(=O)N1CCC2=NN(CC(F)F)C(=O)C2(Cc2ccccc2)C1. The number of nitrogens with zero attached hydrogens (tertiary/aromatic N) is 3. The van der Waals surface area contributed by atoms with E-state index in [-0.39, 0.29) is 32.5 Å². The highest BCUT2D eigenvalue weighted by Crippen LogP contribution is 2.39. The summed E-state index contributed by atoms with van der Waals surface area (Å²) in [7, 11) is 0. The third kappa shape index (κ3) is 5.45. The number of nitrogens with two attached hydrogens (primary N) is 1. The van der Waals surface area contributed by atoms with E-state index in [9.17, 15) is 23.2 Å². The number of alkyl halides is 2. The first kappa shape index (κ1) is 25.1. The topological polar surface area (TPSA) is 115 Å². The van der Waals surface area contributed by atoms with Crippen molar-refractivity contribution in [3.63, 3.8) is 0 Å². The Labute approximate surface area is 206 Å². The lowest BCUT2D eigenvalue weighted by Gasteiger charge is -2.40. The molecule has 0 bridgehead atoms. The monoisotopic (exact) mass is 500 g/mol. The molecule has 2 aliphatic rings. The number of likely N-dealkylation sites (tertiary alicyclic amines) is 1. The normalized spacial score (nSPS) is 20.1. The maximum Gasteiger partial charge on any atom is 0.405 e. The van der Waals surface area contributed by atoms with Gasteiger partial charge in [-0.05, 0) is 24.1 Å². The van der Waals surface area contributed by atoms with Crippen molar-refractivity contribution in [3.8, 4) is 5.75 Å². The van der Waals surface area contributed by atoms with E-state index in [1.165, 1.54) is 4.90 Å². The molecule has 2 aromatic carbocycles. The highest BCUT2D eigenvalue weighted by molar-refractivity contribution is 6.13. The van der Waals surface area contributed by atoms with Crippen LogP contribution in [0.3, 0.4) is 0 Å². The number of para-hydroxylation sites is 1. The summed E-state index contributed by atoms with van der Waals surface area (Å²) in [6.07, 6.45) is -4.88. The van der Waals surface area contributed by atoms with Gasteiger partial charge >= 0.3 is 6.09 Å². The highest BCUT2D eigenvalue weighted by Gasteiger charge is 2.55. The Hall–Kier alpha value is -4.02. The number of fused-ring (bicyclic) bond motifs is 1. The van der Waals surface area contributed by atoms with Crippen LogP contribution in [0, 0.1) is 5.41 Å². The number of hydrazone groups is 1. The number of rotatable bonds is 9. The number of piperidine rings is 1. The van der Waals surface area contributed by atoms with Gasteiger partial charge < -0.3 is 20.1 Å². The Morgan fingerprint density at radius 1 is 1.08 bits per heavy atom. The number of hydrogen-bond donors (Lipinski definition) is 1. The predicted molar refractivity (Wildman–Crippen MR) is 125 cm³/mol. The quantitative estimate of drug-likeness (QED) is 0.568. The zero-order valence-electron chi connectivity index (χ0n) is 19.4. The summed E-state index contributed by atoms with van der Waals surface area (Å²) in [5.41, 5.74) is 5.14. The molecule has 190 valence electrons. The van der Waals surface area contributed by atoms with E-state index in [2.05, 4.69) is 5.10 Å². The summed E-state index contributed by atoms with van der Waals surface area (Å²) >= 11 is 0. The average Bonchev–Trinajstić information content (AvgIpc) is 3.12. The Kier molecular flexibility index (Phi) is 7.47. The molecule has 2 atom stereocenters. The van der Waals surface area contributed by atoms with Gasteiger partial charge in [0.25, 0.3) is 18.2 Å². The van der Waals surface area contributed by atoms with E-state index in [4.69, 9.17) is 15.2 Å². The van der Waals surface area contributed by atoms with Crippen molar-refractivity contribution in [1.29, 1.82) is 0 Å². The first-order valence-corrected chi connectivity index (χ1v) is 11.4. The van der Waals surface area contributed by atoms with Crippen molar-refractivity contribution in [3.05, 3.63) is 66.2 Å². The highest BCUT2D eigenvalue weighted by atomic mass is 19.3. The molecule has 2 N–H and O–H groups in total. The van der Waals surface area contributed by atoms with Crippen LogP contribution in [0.5, 0.6) is 5.75 Å². The van der Waals surface area contributed by atoms with E-state index >= 15 is 0 Å². The molecule has 3 amide bonds. The summed E-state index contributed by atoms with van der Waals surface area (Å²) in [5, 5.41) is 5.01. The van der Waals surface area contributed by atoms with Crippen LogP contribution in [0.15, 0.2) is 65.8 Å². The number of ether oxygens (including phenoxy) is 2. The molecule has 0 aliphatic carbocycles. The Bertz CT molecular complexity index is 1130. The number of halogens is 2. The van der Waals surface area contributed by atoms with Crippen LogP contribution in [0.4, 0.5) is 13.6 Å². The van der Waals surface area contributed by atoms with Crippen molar-refractivity contribution in [2.75, 3.05) is 26.2 Å². The summed E-state index contributed by atoms with van der Waals surface area (Å²) in [4.78, 5) is 39.8. The summed E-state index contributed by atoms with van der Waals surface area (Å²) < 4.78 is 36.9. The minimum atomic E-state index is -2.76. The van der Waals surface area contributed by atoms with E-state index in [0.29, 0.717) is 11.5 Å². The minimum absolute atomic E-state index is 0.109. The molecule has 9 nitrogen and oxygen atoms in total. The van der Waals surface area contributed by atoms with Crippen molar-refractivity contribution in [1.82, 2.24) is 9.91 Å². The second-order valence-electron chi connectivity index (χ2n) is 8.63. The maximum atomic E-state index is 13.4. The molecular weight excluding hydrogens is 474 g/mol. The number of hydrogen-bond acceptors (Lipinski definition) is 6. The molecule has 2 unspecified atom stereocenters. The minimum Gasteiger partial charge on any atom is -0.489 e. The van der Waals surface area contributed by atoms with Crippen LogP contribution in [0.1, 0.15) is 12.0 Å². The molecule has 1 fully saturated rings. The fraction of sp³-hybridized carbons (Fsp3) is 0.360. The number of amides is 3. The van der Waals surface area contributed by atoms with E-state index in [0.717, 1.165) is 10.6 Å². The number of primary amides is 1. The van der Waals surface area contributed by atoms with Crippen LogP contribution in [-0.4, -0.2) is 72.3 Å². The van der Waals surface area contributed by atoms with Gasteiger partial charge in [0.2, 0.25) is 6.10 Å². The molecule has 4 rings (SSSR count). The van der Waals surface area contributed by atoms with Crippen LogP contribution in [-0.2, 0) is 20.7 Å². The smallest absolute Gasteiger partial charge is 0.405 e. The Balaban J connectivity index is 1.58. The van der Waals surface area contributed by atoms with Gasteiger partial charge in [-0.25, -0.2) is 18.6 Å². The molecule has 11 heteroatoms. The van der Waals surface area contributed by atoms with Gasteiger partial charge in [-0.3, -0.25) is 9.59 Å². The van der Waals surface area contributed by atoms with Gasteiger partial charge in [0.1, 0.15) is 24.3 Å². The molecule has 2 aliphatic heterocycles. The first-order valence-electron chi connectivity index (χ1n) is 11.4. The molecule has 0 spiro atoms. The van der Waals surface area contributed by atoms with Crippen molar-refractivity contribution < 1.29 is 32.6 Å². The van der Waals surface area contributed by atoms with Crippen LogP contribution < -0.4 is 10.5 Å². The lowest BCUT2D eigenvalue weighted by Crippen LogP contribution is -2.58. The predicted octanol–water partition coefficient (Wildman–Crippen LogP) is 2.45. The van der Waals surface area contributed by atoms with Crippen LogP contribution in [0.25, 0.3) is 0 Å². The second-order valence-corrected chi connectivity index (χ2v) is 8.63. The molecule has 2 aromatic rings. The van der Waals surface area contributed by atoms with Gasteiger partial charge in [-0.1, -0.05) is 48.5 Å². The van der Waals surface area contributed by atoms with Crippen molar-refractivity contribution >= 4 is 23.6 Å². The van der Waals surface area contributed by atoms with Gasteiger partial charge in [-0.15, -0.1) is 0 Å². The second kappa shape index (κ2) is 10.7. The lowest BCUT2D eigenvalue weighted by atomic mass is 9.73. The Morgan fingerprint density at radius 3 is 2.39 bits per heavy atom. The van der Waals surface area contributed by atoms with Gasteiger partial charge in [0, 0.05) is 19.5 Å². The summed E-state index contributed by atoms with van der Waals surface area (Å²) in [5.74, 6) is -0.728. The van der Waals surface area contributed by atoms with Crippen molar-refractivity contribution in [2.24, 2.45) is 16.3 Å². The van der Waals surface area contributed by atoms with Gasteiger partial charge in [0.15, 0.2) is 0 Å². The zero-order chi connectivity index (χ0) is 25.7. The zero-order valence-corrected chi connectivity index (χ0v) is 19.4. The average molecular weight is 501 g/mol. The molecule has 0 saturated carbocycles. The third-order valence-electron chi connectivity index (χ3n) is 6.17. The molecule has 0 radical (unpaired) electrons. The first-order chi connectivity index (χ1) is 17.3. The number of carbonyl (C=O) groups is 3. The number of benzene rings is 2. The third-order valence-corrected chi connectivity index (χ3v) is 6.17. The standard InChI is InChI=1S/C25H26F2N4O5/c26-21(27)14-31-23(33)25(13-17-7-3-1-4-8-17)16-30(12-11-20(25)29-31)22(32)19(36-24(28)34)15-35-18-9-5-2-6-10-18/h1-10,19,21H,11-16H2,(H2,28,34). The lowest BCUT2D eigenvalue weighted by molar-refractivity contribution is -0.147. The van der Waals surface area contributed by atoms with Crippen molar-refractivity contribution in [2.45, 2.75) is 25.4 Å². The van der Waals surface area contributed by atoms with Gasteiger partial charge in [-0.2, -0.15) is 5.10 Å². The summed E-state index contributed by atoms with van der Waals surface area (Å²) in [6, 6.07) is 17.7. The van der Waals surface area contributed by atoms with E-state index < -0.39 is 42.4 Å². The molecule has 36 heavy (non-hydrogen) atoms. The maximum absolute atomic E-state index is 13.4. The number of carbonyl (C=O) groups excluding carboxylic acids is 3. The van der Waals surface area contributed by atoms with E-state index in [1.807, 2.05) is 30.3 Å². The fourth-order valence-electron chi connectivity index (χ4n) is 4.56. The molecule has 1 saturated heterocycles. The largest absolute Gasteiger partial charge is 0.489 e. The van der Waals surface area contributed by atoms with Crippen LogP contribution >= 0.6 is 0 Å². The van der Waals surface area contributed by atoms with E-state index in [1.54, 1.807) is 30.3 Å².